The zero-order chi connectivity index (χ0) is 17.5. The first-order chi connectivity index (χ1) is 11.3. The molecular weight excluding hydrogens is 369 g/mol. The summed E-state index contributed by atoms with van der Waals surface area (Å²) < 4.78 is 31.3. The van der Waals surface area contributed by atoms with Crippen LogP contribution in [0.15, 0.2) is 53.4 Å². The van der Waals surface area contributed by atoms with Gasteiger partial charge in [-0.05, 0) is 42.0 Å². The highest BCUT2D eigenvalue weighted by Gasteiger charge is 2.69. The number of sulfone groups is 1. The summed E-state index contributed by atoms with van der Waals surface area (Å²) in [5.41, 5.74) is 6.27. The Balaban J connectivity index is 2.01. The van der Waals surface area contributed by atoms with Gasteiger partial charge in [0.1, 0.15) is 0 Å². The maximum Gasteiger partial charge on any atom is 0.183 e. The molecule has 24 heavy (non-hydrogen) atoms. The van der Waals surface area contributed by atoms with Crippen LogP contribution in [0.2, 0.25) is 10.0 Å². The molecule has 0 spiro atoms. The fourth-order valence-corrected chi connectivity index (χ4v) is 5.78. The number of hydrogen-bond acceptors (Lipinski definition) is 4. The van der Waals surface area contributed by atoms with Crippen molar-refractivity contribution in [3.05, 3.63) is 64.1 Å². The van der Waals surface area contributed by atoms with E-state index in [0.717, 1.165) is 5.56 Å². The molecule has 0 amide bonds. The fourth-order valence-electron chi connectivity index (χ4n) is 3.24. The molecule has 3 rings (SSSR count). The molecule has 0 heterocycles. The topological polar surface area (TPSA) is 69.4 Å². The molecule has 0 radical (unpaired) electrons. The first kappa shape index (κ1) is 17.7. The van der Waals surface area contributed by atoms with Crippen molar-refractivity contribution < 1.29 is 13.2 Å². The Morgan fingerprint density at radius 3 is 2.04 bits per heavy atom. The quantitative estimate of drug-likeness (QED) is 0.856. The molecule has 0 bridgehead atoms. The molecular formula is C17H17Cl2NO3S. The van der Waals surface area contributed by atoms with Crippen molar-refractivity contribution >= 4 is 33.0 Å². The predicted molar refractivity (Wildman–Crippen MR) is 95.4 cm³/mol. The zero-order valence-electron chi connectivity index (χ0n) is 12.9. The van der Waals surface area contributed by atoms with Crippen LogP contribution in [0.5, 0.6) is 0 Å². The third kappa shape index (κ3) is 2.95. The number of benzene rings is 2. The van der Waals surface area contributed by atoms with Crippen molar-refractivity contribution in [1.29, 1.82) is 0 Å². The molecule has 2 aromatic carbocycles. The van der Waals surface area contributed by atoms with E-state index < -0.39 is 20.6 Å². The molecule has 0 aromatic heterocycles. The second kappa shape index (κ2) is 6.32. The number of rotatable bonds is 5. The van der Waals surface area contributed by atoms with Gasteiger partial charge in [-0.25, -0.2) is 8.42 Å². The van der Waals surface area contributed by atoms with Crippen LogP contribution >= 0.6 is 23.2 Å². The van der Waals surface area contributed by atoms with E-state index in [-0.39, 0.29) is 17.4 Å². The predicted octanol–water partition coefficient (Wildman–Crippen LogP) is 3.28. The SMILES string of the molecule is COC[C@@]1(N)[C@H](c2ccc(Cl)cc2)[C@@H]1S(=O)(=O)c1ccc(Cl)cc1. The van der Waals surface area contributed by atoms with Crippen LogP contribution in [-0.4, -0.2) is 32.9 Å². The van der Waals surface area contributed by atoms with E-state index in [0.29, 0.717) is 10.0 Å². The molecule has 1 fully saturated rings. The first-order valence-electron chi connectivity index (χ1n) is 7.33. The van der Waals surface area contributed by atoms with Crippen LogP contribution < -0.4 is 5.73 Å². The van der Waals surface area contributed by atoms with Gasteiger partial charge in [-0.3, -0.25) is 0 Å². The third-order valence-corrected chi connectivity index (χ3v) is 7.22. The lowest BCUT2D eigenvalue weighted by Crippen LogP contribution is -2.35. The van der Waals surface area contributed by atoms with E-state index in [1.807, 2.05) is 12.1 Å². The molecule has 3 atom stereocenters. The van der Waals surface area contributed by atoms with Crippen molar-refractivity contribution in [3.8, 4) is 0 Å². The van der Waals surface area contributed by atoms with Gasteiger partial charge in [0.25, 0.3) is 0 Å². The second-order valence-electron chi connectivity index (χ2n) is 5.99. The molecule has 1 aliphatic carbocycles. The molecule has 1 aliphatic rings. The van der Waals surface area contributed by atoms with Gasteiger partial charge in [-0.1, -0.05) is 35.3 Å². The highest BCUT2D eigenvalue weighted by atomic mass is 35.5. The number of methoxy groups -OCH3 is 1. The van der Waals surface area contributed by atoms with Crippen LogP contribution in [-0.2, 0) is 14.6 Å². The Morgan fingerprint density at radius 2 is 1.54 bits per heavy atom. The van der Waals surface area contributed by atoms with Crippen LogP contribution in [0.4, 0.5) is 0 Å². The summed E-state index contributed by atoms with van der Waals surface area (Å²) in [7, 11) is -2.10. The summed E-state index contributed by atoms with van der Waals surface area (Å²) in [6.07, 6.45) is 0. The number of hydrogen-bond donors (Lipinski definition) is 1. The maximum atomic E-state index is 13.0. The second-order valence-corrected chi connectivity index (χ2v) is 8.94. The minimum absolute atomic E-state index is 0.151. The lowest BCUT2D eigenvalue weighted by molar-refractivity contribution is 0.171. The van der Waals surface area contributed by atoms with Crippen molar-refractivity contribution in [3.63, 3.8) is 0 Å². The molecule has 2 N–H and O–H groups in total. The summed E-state index contributed by atoms with van der Waals surface area (Å²) in [5.74, 6) is -0.351. The van der Waals surface area contributed by atoms with Crippen LogP contribution in [0.3, 0.4) is 0 Å². The van der Waals surface area contributed by atoms with E-state index in [4.69, 9.17) is 33.7 Å². The summed E-state index contributed by atoms with van der Waals surface area (Å²) >= 11 is 11.8. The van der Waals surface area contributed by atoms with E-state index in [2.05, 4.69) is 0 Å². The van der Waals surface area contributed by atoms with E-state index in [9.17, 15) is 8.42 Å². The van der Waals surface area contributed by atoms with E-state index in [1.54, 1.807) is 24.3 Å². The van der Waals surface area contributed by atoms with Gasteiger partial charge in [0.15, 0.2) is 9.84 Å². The third-order valence-electron chi connectivity index (χ3n) is 4.40. The molecule has 0 aliphatic heterocycles. The number of ether oxygens (including phenoxy) is 1. The van der Waals surface area contributed by atoms with E-state index in [1.165, 1.54) is 19.2 Å². The molecule has 4 nitrogen and oxygen atoms in total. The van der Waals surface area contributed by atoms with Gasteiger partial charge in [0.05, 0.1) is 22.3 Å². The average Bonchev–Trinajstić information content (AvgIpc) is 3.15. The largest absolute Gasteiger partial charge is 0.383 e. The van der Waals surface area contributed by atoms with Gasteiger partial charge in [0.2, 0.25) is 0 Å². The standard InChI is InChI=1S/C17H17Cl2NO3S/c1-23-10-17(20)15(11-2-4-12(18)5-3-11)16(17)24(21,22)14-8-6-13(19)7-9-14/h2-9,15-16H,10,20H2,1H3/t15-,16+,17-/m1/s1. The van der Waals surface area contributed by atoms with Gasteiger partial charge in [0, 0.05) is 23.1 Å². The summed E-state index contributed by atoms with van der Waals surface area (Å²) in [6.45, 7) is 0.151. The maximum absolute atomic E-state index is 13.0. The van der Waals surface area contributed by atoms with E-state index >= 15 is 0 Å². The summed E-state index contributed by atoms with van der Waals surface area (Å²) in [5, 5.41) is 0.313. The van der Waals surface area contributed by atoms with Gasteiger partial charge in [-0.2, -0.15) is 0 Å². The number of halogens is 2. The molecule has 0 saturated heterocycles. The minimum atomic E-state index is -3.62. The Morgan fingerprint density at radius 1 is 1.04 bits per heavy atom. The Hall–Kier alpha value is -1.11. The first-order valence-corrected chi connectivity index (χ1v) is 9.63. The number of nitrogens with two attached hydrogens (primary N) is 1. The Kier molecular flexibility index (Phi) is 4.66. The van der Waals surface area contributed by atoms with Crippen LogP contribution in [0.25, 0.3) is 0 Å². The molecule has 2 aromatic rings. The van der Waals surface area contributed by atoms with Crippen molar-refractivity contribution in [2.24, 2.45) is 5.73 Å². The smallest absolute Gasteiger partial charge is 0.183 e. The summed E-state index contributed by atoms with van der Waals surface area (Å²) in [6, 6.07) is 13.2. The lowest BCUT2D eigenvalue weighted by Gasteiger charge is -2.11. The molecule has 7 heteroatoms. The van der Waals surface area contributed by atoms with Crippen LogP contribution in [0.1, 0.15) is 11.5 Å². The zero-order valence-corrected chi connectivity index (χ0v) is 15.3. The van der Waals surface area contributed by atoms with Gasteiger partial charge in [-0.15, -0.1) is 0 Å². The molecule has 0 unspecified atom stereocenters. The average molecular weight is 386 g/mol. The molecule has 1 saturated carbocycles. The summed E-state index contributed by atoms with van der Waals surface area (Å²) in [4.78, 5) is 0.208. The fraction of sp³-hybridized carbons (Fsp3) is 0.294. The monoisotopic (exact) mass is 385 g/mol. The van der Waals surface area contributed by atoms with Gasteiger partial charge >= 0.3 is 0 Å². The van der Waals surface area contributed by atoms with Crippen molar-refractivity contribution in [2.75, 3.05) is 13.7 Å². The van der Waals surface area contributed by atoms with Crippen molar-refractivity contribution in [1.82, 2.24) is 0 Å². The van der Waals surface area contributed by atoms with Gasteiger partial charge < -0.3 is 10.5 Å². The van der Waals surface area contributed by atoms with Crippen molar-refractivity contribution in [2.45, 2.75) is 21.6 Å². The van der Waals surface area contributed by atoms with Crippen LogP contribution in [0, 0.1) is 0 Å². The Labute approximate surface area is 151 Å². The molecule has 128 valence electrons. The minimum Gasteiger partial charge on any atom is -0.383 e. The Bertz CT molecular complexity index is 837. The highest BCUT2D eigenvalue weighted by Crippen LogP contribution is 2.55. The normalized spacial score (nSPS) is 26.3. The lowest BCUT2D eigenvalue weighted by atomic mass is 10.1. The highest BCUT2D eigenvalue weighted by molar-refractivity contribution is 7.92.